The molecule has 1 N–H and O–H groups in total. The number of nitrogens with zero attached hydrogens (tertiary/aromatic N) is 1. The Morgan fingerprint density at radius 1 is 1.16 bits per heavy atom. The predicted molar refractivity (Wildman–Crippen MR) is 100 cm³/mol. The molecule has 4 bridgehead atoms. The van der Waals surface area contributed by atoms with Gasteiger partial charge < -0.3 is 9.84 Å². The predicted octanol–water partition coefficient (Wildman–Crippen LogP) is 5.28. The molecule has 4 nitrogen and oxygen atoms in total. The molecular formula is C21H37NO3. The molecule has 5 aliphatic carbocycles. The van der Waals surface area contributed by atoms with Crippen molar-refractivity contribution in [2.75, 3.05) is 0 Å². The molecular weight excluding hydrogens is 314 g/mol. The van der Waals surface area contributed by atoms with Crippen LogP contribution in [-0.2, 0) is 4.74 Å². The molecule has 0 heterocycles. The van der Waals surface area contributed by atoms with Gasteiger partial charge in [-0.3, -0.25) is 0 Å². The first-order chi connectivity index (χ1) is 11.6. The molecule has 144 valence electrons. The topological polar surface area (TPSA) is 58.9 Å². The van der Waals surface area contributed by atoms with Gasteiger partial charge in [-0.15, -0.1) is 0 Å². The van der Waals surface area contributed by atoms with Crippen LogP contribution < -0.4 is 0 Å². The summed E-state index contributed by atoms with van der Waals surface area (Å²) >= 11 is 0. The number of hydrogen-bond acceptors (Lipinski definition) is 4. The van der Waals surface area contributed by atoms with Gasteiger partial charge in [0.25, 0.3) is 0 Å². The molecule has 0 aromatic carbocycles. The lowest BCUT2D eigenvalue weighted by molar-refractivity contribution is -0.258. The van der Waals surface area contributed by atoms with E-state index in [2.05, 4.69) is 39.8 Å². The fourth-order valence-electron chi connectivity index (χ4n) is 5.94. The highest BCUT2D eigenvalue weighted by Crippen LogP contribution is 2.65. The normalized spacial score (nSPS) is 39.6. The summed E-state index contributed by atoms with van der Waals surface area (Å²) in [5.41, 5.74) is -0.504. The van der Waals surface area contributed by atoms with E-state index in [4.69, 9.17) is 4.74 Å². The van der Waals surface area contributed by atoms with E-state index in [-0.39, 0.29) is 22.5 Å². The van der Waals surface area contributed by atoms with Crippen LogP contribution in [0.3, 0.4) is 0 Å². The lowest BCUT2D eigenvalue weighted by Crippen LogP contribution is -2.62. The second-order valence-corrected chi connectivity index (χ2v) is 10.6. The van der Waals surface area contributed by atoms with Crippen molar-refractivity contribution in [3.8, 4) is 0 Å². The Kier molecular flexibility index (Phi) is 5.09. The molecule has 0 spiro atoms. The molecule has 0 radical (unpaired) electrons. The van der Waals surface area contributed by atoms with Crippen molar-refractivity contribution in [3.63, 3.8) is 0 Å². The van der Waals surface area contributed by atoms with Crippen LogP contribution in [0.5, 0.6) is 0 Å². The summed E-state index contributed by atoms with van der Waals surface area (Å²) in [6.45, 7) is 11.1. The summed E-state index contributed by atoms with van der Waals surface area (Å²) < 4.78 is 6.47. The first-order valence-corrected chi connectivity index (χ1v) is 10.3. The van der Waals surface area contributed by atoms with Gasteiger partial charge in [0.1, 0.15) is 5.54 Å². The Morgan fingerprint density at radius 2 is 1.80 bits per heavy atom. The molecule has 0 saturated heterocycles. The van der Waals surface area contributed by atoms with Crippen LogP contribution in [0.15, 0.2) is 5.18 Å². The Balaban J connectivity index is 1.71. The van der Waals surface area contributed by atoms with Crippen molar-refractivity contribution in [3.05, 3.63) is 4.91 Å². The molecule has 5 aliphatic rings. The van der Waals surface area contributed by atoms with Crippen LogP contribution >= 0.6 is 0 Å². The number of hydrogen-bond donors (Lipinski definition) is 1. The number of rotatable bonds is 7. The van der Waals surface area contributed by atoms with Crippen molar-refractivity contribution in [2.24, 2.45) is 34.3 Å². The van der Waals surface area contributed by atoms with Crippen molar-refractivity contribution in [2.45, 2.75) is 103 Å². The summed E-state index contributed by atoms with van der Waals surface area (Å²) in [6, 6.07) is 0. The van der Waals surface area contributed by atoms with Gasteiger partial charge in [-0.25, -0.2) is 0 Å². The molecule has 0 amide bonds. The van der Waals surface area contributed by atoms with Crippen LogP contribution in [0.1, 0.15) is 86.0 Å². The minimum atomic E-state index is -0.715. The Hall–Kier alpha value is -0.480. The van der Waals surface area contributed by atoms with Gasteiger partial charge >= 0.3 is 0 Å². The summed E-state index contributed by atoms with van der Waals surface area (Å²) in [7, 11) is 0. The summed E-state index contributed by atoms with van der Waals surface area (Å²) in [4.78, 5) is 11.5. The molecule has 4 atom stereocenters. The van der Waals surface area contributed by atoms with Crippen LogP contribution in [0, 0.1) is 34.0 Å². The van der Waals surface area contributed by atoms with E-state index < -0.39 is 6.29 Å². The van der Waals surface area contributed by atoms with E-state index in [0.717, 1.165) is 51.4 Å². The SMILES string of the molecule is CC(C)CCC(C(O)OC12CCCC3(N=O)C(CC3C1)C2)C(C)(C)C. The summed E-state index contributed by atoms with van der Waals surface area (Å²) in [5, 5.41) is 14.6. The zero-order chi connectivity index (χ0) is 18.5. The maximum Gasteiger partial charge on any atom is 0.158 e. The molecule has 4 unspecified atom stereocenters. The Bertz CT molecular complexity index is 484. The van der Waals surface area contributed by atoms with Gasteiger partial charge in [0.2, 0.25) is 0 Å². The third kappa shape index (κ3) is 3.41. The minimum Gasteiger partial charge on any atom is -0.368 e. The Morgan fingerprint density at radius 3 is 2.32 bits per heavy atom. The van der Waals surface area contributed by atoms with Crippen molar-refractivity contribution >= 4 is 0 Å². The zero-order valence-electron chi connectivity index (χ0n) is 16.8. The average Bonchev–Trinajstić information content (AvgIpc) is 2.68. The second-order valence-electron chi connectivity index (χ2n) is 10.6. The molecule has 0 aromatic heterocycles. The van der Waals surface area contributed by atoms with Crippen molar-refractivity contribution in [1.29, 1.82) is 0 Å². The third-order valence-corrected chi connectivity index (χ3v) is 7.48. The van der Waals surface area contributed by atoms with E-state index in [1.54, 1.807) is 0 Å². The maximum absolute atomic E-state index is 11.5. The van der Waals surface area contributed by atoms with Gasteiger partial charge in [0.05, 0.1) is 5.60 Å². The average molecular weight is 352 g/mol. The highest BCUT2D eigenvalue weighted by atomic mass is 16.6. The van der Waals surface area contributed by atoms with E-state index in [9.17, 15) is 10.0 Å². The highest BCUT2D eigenvalue weighted by molar-refractivity contribution is 5.19. The zero-order valence-corrected chi connectivity index (χ0v) is 16.8. The monoisotopic (exact) mass is 351 g/mol. The minimum absolute atomic E-state index is 0.0153. The molecule has 5 fully saturated rings. The van der Waals surface area contributed by atoms with E-state index in [1.165, 1.54) is 0 Å². The summed E-state index contributed by atoms with van der Waals surface area (Å²) in [6.07, 6.45) is 7.22. The molecule has 4 heteroatoms. The van der Waals surface area contributed by atoms with Crippen LogP contribution in [0.4, 0.5) is 0 Å². The van der Waals surface area contributed by atoms with E-state index >= 15 is 0 Å². The fourth-order valence-corrected chi connectivity index (χ4v) is 5.94. The lowest BCUT2D eigenvalue weighted by Gasteiger charge is -2.59. The van der Waals surface area contributed by atoms with Crippen molar-refractivity contribution in [1.82, 2.24) is 0 Å². The highest BCUT2D eigenvalue weighted by Gasteiger charge is 2.66. The quantitative estimate of drug-likeness (QED) is 0.501. The number of aliphatic hydroxyl groups excluding tert-OH is 1. The maximum atomic E-state index is 11.5. The summed E-state index contributed by atoms with van der Waals surface area (Å²) in [5.74, 6) is 1.53. The largest absolute Gasteiger partial charge is 0.368 e. The Labute approximate surface area is 153 Å². The van der Waals surface area contributed by atoms with Crippen LogP contribution in [-0.4, -0.2) is 22.5 Å². The molecule has 5 saturated carbocycles. The first-order valence-electron chi connectivity index (χ1n) is 10.3. The number of fused-ring (bicyclic) bond motifs is 2. The lowest BCUT2D eigenvalue weighted by atomic mass is 9.49. The smallest absolute Gasteiger partial charge is 0.158 e. The van der Waals surface area contributed by atoms with Crippen LogP contribution in [0.2, 0.25) is 0 Å². The van der Waals surface area contributed by atoms with Crippen molar-refractivity contribution < 1.29 is 9.84 Å². The fraction of sp³-hybridized carbons (Fsp3) is 1.00. The van der Waals surface area contributed by atoms with Gasteiger partial charge in [0.15, 0.2) is 6.29 Å². The van der Waals surface area contributed by atoms with Gasteiger partial charge in [-0.2, -0.15) is 4.91 Å². The molecule has 0 aromatic rings. The van der Waals surface area contributed by atoms with E-state index in [1.807, 2.05) is 0 Å². The number of aliphatic hydroxyl groups is 1. The standard InChI is InChI=1S/C21H37NO3/c1-14(2)7-8-17(19(3,4)5)18(23)25-20-9-6-10-21(22-24)15(12-20)11-16(21)13-20/h14-18,23H,6-13H2,1-5H3. The molecule has 5 rings (SSSR count). The number of nitroso groups, excluding NO2 is 1. The van der Waals surface area contributed by atoms with Gasteiger partial charge in [-0.1, -0.05) is 46.2 Å². The van der Waals surface area contributed by atoms with Gasteiger partial charge in [-0.05, 0) is 68.1 Å². The molecule has 25 heavy (non-hydrogen) atoms. The third-order valence-electron chi connectivity index (χ3n) is 7.48. The second kappa shape index (κ2) is 6.60. The van der Waals surface area contributed by atoms with E-state index in [0.29, 0.717) is 17.8 Å². The van der Waals surface area contributed by atoms with Crippen LogP contribution in [0.25, 0.3) is 0 Å². The number of ether oxygens (including phenoxy) is 1. The first kappa shape index (κ1) is 19.3. The molecule has 0 aliphatic heterocycles. The van der Waals surface area contributed by atoms with Gasteiger partial charge in [0, 0.05) is 5.92 Å².